The first-order valence-electron chi connectivity index (χ1n) is 13.1. The van der Waals surface area contributed by atoms with Gasteiger partial charge in [-0.25, -0.2) is 29.6 Å². The molecule has 40 heavy (non-hydrogen) atoms. The summed E-state index contributed by atoms with van der Waals surface area (Å²) >= 11 is 0. The van der Waals surface area contributed by atoms with E-state index in [1.54, 1.807) is 32.2 Å². The molecule has 1 amide bonds. The Kier molecular flexibility index (Phi) is 6.24. The van der Waals surface area contributed by atoms with Crippen molar-refractivity contribution in [2.75, 3.05) is 22.9 Å². The van der Waals surface area contributed by atoms with E-state index in [0.717, 1.165) is 17.7 Å². The number of fused-ring (bicyclic) bond motifs is 2. The van der Waals surface area contributed by atoms with Crippen LogP contribution < -0.4 is 21.0 Å². The average Bonchev–Trinajstić information content (AvgIpc) is 3.35. The largest absolute Gasteiger partial charge is 0.340 e. The predicted octanol–water partition coefficient (Wildman–Crippen LogP) is 0.838. The van der Waals surface area contributed by atoms with Gasteiger partial charge in [-0.3, -0.25) is 23.5 Å². The lowest BCUT2D eigenvalue weighted by Crippen LogP contribution is -2.42. The third-order valence-electron chi connectivity index (χ3n) is 7.70. The van der Waals surface area contributed by atoms with Crippen LogP contribution in [0.2, 0.25) is 0 Å². The fourth-order valence-electron chi connectivity index (χ4n) is 5.25. The molecule has 4 aromatic rings. The van der Waals surface area contributed by atoms with Gasteiger partial charge < -0.3 is 9.47 Å². The van der Waals surface area contributed by atoms with Crippen molar-refractivity contribution in [1.82, 2.24) is 38.6 Å². The van der Waals surface area contributed by atoms with Gasteiger partial charge in [0.2, 0.25) is 5.95 Å². The van der Waals surface area contributed by atoms with Crippen LogP contribution in [0.3, 0.4) is 0 Å². The zero-order valence-corrected chi connectivity index (χ0v) is 22.3. The predicted molar refractivity (Wildman–Crippen MR) is 144 cm³/mol. The zero-order chi connectivity index (χ0) is 28.1. The molecule has 0 spiro atoms. The van der Waals surface area contributed by atoms with E-state index in [4.69, 9.17) is 4.98 Å². The summed E-state index contributed by atoms with van der Waals surface area (Å²) in [5.74, 6) is 1.79. The minimum Gasteiger partial charge on any atom is -0.340 e. The van der Waals surface area contributed by atoms with Gasteiger partial charge in [0.1, 0.15) is 24.0 Å². The summed E-state index contributed by atoms with van der Waals surface area (Å²) in [6.45, 7) is 4.70. The third kappa shape index (κ3) is 4.25. The van der Waals surface area contributed by atoms with Gasteiger partial charge >= 0.3 is 5.69 Å². The molecule has 3 unspecified atom stereocenters. The number of hydrogen-bond donors (Lipinski definition) is 0. The Morgan fingerprint density at radius 2 is 1.82 bits per heavy atom. The molecule has 6 rings (SSSR count). The van der Waals surface area contributed by atoms with Crippen LogP contribution in [0.1, 0.15) is 32.7 Å². The number of amides is 1. The molecule has 3 atom stereocenters. The minimum atomic E-state index is -0.960. The lowest BCUT2D eigenvalue weighted by Gasteiger charge is -2.26. The molecule has 0 bridgehead atoms. The molecule has 1 saturated carbocycles. The molecule has 206 valence electrons. The highest BCUT2D eigenvalue weighted by Gasteiger charge is 2.46. The molecule has 0 N–H and O–H groups in total. The minimum absolute atomic E-state index is 0.0363. The maximum Gasteiger partial charge on any atom is 0.332 e. The second-order valence-electron chi connectivity index (χ2n) is 10.2. The van der Waals surface area contributed by atoms with Crippen LogP contribution in [0.4, 0.5) is 17.6 Å². The number of nitrogens with zero attached hydrogens (tertiary/aromatic N) is 10. The molecule has 4 aromatic heterocycles. The fourth-order valence-corrected chi connectivity index (χ4v) is 5.25. The molecule has 0 radical (unpaired) electrons. The molecular formula is C26H28N10O4. The van der Waals surface area contributed by atoms with E-state index in [1.807, 2.05) is 0 Å². The van der Waals surface area contributed by atoms with Gasteiger partial charge in [-0.15, -0.1) is 0 Å². The van der Waals surface area contributed by atoms with Crippen molar-refractivity contribution in [3.8, 4) is 0 Å². The first kappa shape index (κ1) is 25.5. The Bertz CT molecular complexity index is 1730. The van der Waals surface area contributed by atoms with Crippen molar-refractivity contribution < 1.29 is 9.59 Å². The van der Waals surface area contributed by atoms with Crippen molar-refractivity contribution in [2.45, 2.75) is 39.3 Å². The number of rotatable bonds is 8. The van der Waals surface area contributed by atoms with Crippen LogP contribution in [0.5, 0.6) is 0 Å². The van der Waals surface area contributed by atoms with Crippen molar-refractivity contribution in [3.05, 3.63) is 58.0 Å². The number of piperidine rings is 1. The van der Waals surface area contributed by atoms with Crippen LogP contribution in [0.25, 0.3) is 11.2 Å². The Morgan fingerprint density at radius 1 is 1.07 bits per heavy atom. The van der Waals surface area contributed by atoms with E-state index in [0.29, 0.717) is 29.4 Å². The van der Waals surface area contributed by atoms with Crippen molar-refractivity contribution in [3.63, 3.8) is 0 Å². The quantitative estimate of drug-likeness (QED) is 0.312. The molecule has 14 heteroatoms. The second kappa shape index (κ2) is 9.77. The average molecular weight is 545 g/mol. The molecule has 1 aliphatic carbocycles. The first-order chi connectivity index (χ1) is 19.3. The smallest absolute Gasteiger partial charge is 0.332 e. The highest BCUT2D eigenvalue weighted by molar-refractivity contribution is 6.01. The van der Waals surface area contributed by atoms with Gasteiger partial charge in [-0.2, -0.15) is 4.98 Å². The highest BCUT2D eigenvalue weighted by Crippen LogP contribution is 2.45. The molecular weight excluding hydrogens is 516 g/mol. The summed E-state index contributed by atoms with van der Waals surface area (Å²) in [4.78, 5) is 77.8. The number of ketones is 1. The molecule has 0 aromatic carbocycles. The summed E-state index contributed by atoms with van der Waals surface area (Å²) in [6, 6.07) is 2.26. The standard InChI is InChI=1S/C26H28N10O4/c1-4-18(37)12-34-24(39)21-22(32(3)26(34)40)30-14-35(21)15(2)23(38)36(19-5-7-27-13-29-19)20-6-8-28-25(31-20)33-10-16-9-17(16)11-33/h5-8,13-17H,4,9-12H2,1-3H3. The van der Waals surface area contributed by atoms with Gasteiger partial charge in [0.15, 0.2) is 16.9 Å². The number of hydrogen-bond acceptors (Lipinski definition) is 10. The second-order valence-corrected chi connectivity index (χ2v) is 10.2. The van der Waals surface area contributed by atoms with Crippen LogP contribution >= 0.6 is 0 Å². The number of aromatic nitrogens is 8. The Labute approximate surface area is 228 Å². The van der Waals surface area contributed by atoms with Crippen LogP contribution in [0, 0.1) is 11.8 Å². The van der Waals surface area contributed by atoms with Gasteiger partial charge in [0.05, 0.1) is 12.9 Å². The molecule has 2 aliphatic rings. The SMILES string of the molecule is CCC(=O)Cn1c(=O)c2c(ncn2C(C)C(=O)N(c2ccncn2)c2ccnc(N3CC4CC4C3)n2)n(C)c1=O. The number of Topliss-reactive ketones (excluding diaryl/α,β-unsaturated/α-hetero) is 1. The lowest BCUT2D eigenvalue weighted by molar-refractivity contribution is -0.121. The lowest BCUT2D eigenvalue weighted by atomic mass is 10.2. The number of carbonyl (C=O) groups is 2. The normalized spacial score (nSPS) is 18.5. The van der Waals surface area contributed by atoms with Crippen molar-refractivity contribution in [2.24, 2.45) is 18.9 Å². The van der Waals surface area contributed by atoms with E-state index in [-0.39, 0.29) is 29.9 Å². The van der Waals surface area contributed by atoms with Crippen molar-refractivity contribution >= 4 is 40.4 Å². The molecule has 1 aliphatic heterocycles. The number of imidazole rings is 1. The number of aryl methyl sites for hydroxylation is 1. The van der Waals surface area contributed by atoms with Gasteiger partial charge in [0, 0.05) is 45.0 Å². The summed E-state index contributed by atoms with van der Waals surface area (Å²) in [7, 11) is 1.47. The van der Waals surface area contributed by atoms with Crippen molar-refractivity contribution in [1.29, 1.82) is 0 Å². The summed E-state index contributed by atoms with van der Waals surface area (Å²) < 4.78 is 3.49. The van der Waals surface area contributed by atoms with Crippen LogP contribution in [0.15, 0.2) is 46.8 Å². The van der Waals surface area contributed by atoms with E-state index < -0.39 is 23.2 Å². The Balaban J connectivity index is 1.42. The van der Waals surface area contributed by atoms with E-state index in [2.05, 4.69) is 24.8 Å². The van der Waals surface area contributed by atoms with Gasteiger partial charge in [-0.05, 0) is 31.2 Å². The number of carbonyl (C=O) groups excluding carboxylic acids is 2. The molecule has 1 saturated heterocycles. The summed E-state index contributed by atoms with van der Waals surface area (Å²) in [6.07, 6.45) is 7.23. The zero-order valence-electron chi connectivity index (χ0n) is 22.3. The van der Waals surface area contributed by atoms with Gasteiger partial charge in [0.25, 0.3) is 11.5 Å². The summed E-state index contributed by atoms with van der Waals surface area (Å²) in [5, 5.41) is 0. The maximum absolute atomic E-state index is 14.2. The van der Waals surface area contributed by atoms with E-state index in [9.17, 15) is 19.2 Å². The number of anilines is 3. The third-order valence-corrected chi connectivity index (χ3v) is 7.70. The maximum atomic E-state index is 14.2. The molecule has 2 fully saturated rings. The summed E-state index contributed by atoms with van der Waals surface area (Å²) in [5.41, 5.74) is -1.20. The fraction of sp³-hybridized carbons (Fsp3) is 0.423. The Hall–Kier alpha value is -4.75. The van der Waals surface area contributed by atoms with Crippen LogP contribution in [-0.2, 0) is 23.2 Å². The van der Waals surface area contributed by atoms with E-state index >= 15 is 0 Å². The highest BCUT2D eigenvalue weighted by atomic mass is 16.2. The van der Waals surface area contributed by atoms with Gasteiger partial charge in [-0.1, -0.05) is 6.92 Å². The van der Waals surface area contributed by atoms with E-state index in [1.165, 1.54) is 46.4 Å². The monoisotopic (exact) mass is 544 g/mol. The topological polar surface area (TPSA) is 154 Å². The molecule has 5 heterocycles. The van der Waals surface area contributed by atoms with Crippen LogP contribution in [-0.4, -0.2) is 63.4 Å². The first-order valence-corrected chi connectivity index (χ1v) is 13.1. The molecule has 14 nitrogen and oxygen atoms in total. The Morgan fingerprint density at radius 3 is 2.52 bits per heavy atom.